The molecule has 1 atom stereocenters. The smallest absolute Gasteiger partial charge is 0.331 e. The van der Waals surface area contributed by atoms with Gasteiger partial charge in [-0.1, -0.05) is 40.0 Å². The second kappa shape index (κ2) is 14.0. The number of allylic oxidation sites excluding steroid dienone is 1. The molecule has 0 fully saturated rings. The average Bonchev–Trinajstić information content (AvgIpc) is 2.57. The van der Waals surface area contributed by atoms with Gasteiger partial charge in [-0.2, -0.15) is 0 Å². The van der Waals surface area contributed by atoms with E-state index in [0.717, 1.165) is 25.7 Å². The maximum Gasteiger partial charge on any atom is 0.331 e. The van der Waals surface area contributed by atoms with Crippen LogP contribution in [0.25, 0.3) is 0 Å². The topological polar surface area (TPSA) is 115 Å². The van der Waals surface area contributed by atoms with Gasteiger partial charge in [-0.15, -0.1) is 0 Å². The van der Waals surface area contributed by atoms with Crippen molar-refractivity contribution in [3.05, 3.63) is 36.5 Å². The van der Waals surface area contributed by atoms with Crippen molar-refractivity contribution in [1.82, 2.24) is 4.90 Å². The van der Waals surface area contributed by atoms with E-state index in [1.54, 1.807) is 6.92 Å². The first-order valence-corrected chi connectivity index (χ1v) is 8.08. The summed E-state index contributed by atoms with van der Waals surface area (Å²) in [6, 6.07) is 0. The van der Waals surface area contributed by atoms with Gasteiger partial charge in [-0.05, 0) is 32.5 Å². The van der Waals surface area contributed by atoms with Crippen LogP contribution in [-0.2, 0) is 14.4 Å². The molecule has 0 aliphatic carbocycles. The summed E-state index contributed by atoms with van der Waals surface area (Å²) in [7, 11) is 0. The van der Waals surface area contributed by atoms with E-state index in [-0.39, 0.29) is 11.1 Å². The van der Waals surface area contributed by atoms with Crippen LogP contribution in [0.1, 0.15) is 33.6 Å². The summed E-state index contributed by atoms with van der Waals surface area (Å²) in [4.78, 5) is 33.5. The van der Waals surface area contributed by atoms with Crippen molar-refractivity contribution in [2.75, 3.05) is 19.6 Å². The van der Waals surface area contributed by atoms with Crippen molar-refractivity contribution in [3.63, 3.8) is 0 Å². The lowest BCUT2D eigenvalue weighted by atomic mass is 9.93. The van der Waals surface area contributed by atoms with Crippen LogP contribution in [0.4, 0.5) is 0 Å². The number of hydrogen-bond donors (Lipinski definition) is 3. The van der Waals surface area contributed by atoms with E-state index < -0.39 is 23.8 Å². The fourth-order valence-corrected chi connectivity index (χ4v) is 1.96. The summed E-state index contributed by atoms with van der Waals surface area (Å²) in [5.74, 6) is -3.51. The molecule has 0 aromatic heterocycles. The largest absolute Gasteiger partial charge is 0.478 e. The molecule has 0 aromatic carbocycles. The third kappa shape index (κ3) is 11.7. The lowest BCUT2D eigenvalue weighted by Gasteiger charge is -2.21. The third-order valence-electron chi connectivity index (χ3n) is 3.61. The zero-order valence-electron chi connectivity index (χ0n) is 15.2. The lowest BCUT2D eigenvalue weighted by molar-refractivity contribution is -0.134. The predicted molar refractivity (Wildman–Crippen MR) is 96.5 cm³/mol. The van der Waals surface area contributed by atoms with Crippen molar-refractivity contribution in [1.29, 1.82) is 0 Å². The van der Waals surface area contributed by atoms with E-state index in [4.69, 9.17) is 15.3 Å². The minimum atomic E-state index is -1.08. The number of rotatable bonds is 11. The zero-order valence-corrected chi connectivity index (χ0v) is 15.2. The van der Waals surface area contributed by atoms with Crippen LogP contribution in [0.3, 0.4) is 0 Å². The number of hydrogen-bond acceptors (Lipinski definition) is 4. The molecule has 0 heterocycles. The molecule has 7 heteroatoms. The second-order valence-corrected chi connectivity index (χ2v) is 5.15. The van der Waals surface area contributed by atoms with Crippen LogP contribution in [0.15, 0.2) is 36.5 Å². The molecule has 0 bridgehead atoms. The molecule has 25 heavy (non-hydrogen) atoms. The molecule has 0 aliphatic rings. The van der Waals surface area contributed by atoms with E-state index in [2.05, 4.69) is 18.1 Å². The predicted octanol–water partition coefficient (Wildman–Crippen LogP) is 2.65. The molecule has 0 rings (SSSR count). The van der Waals surface area contributed by atoms with Crippen LogP contribution in [0.5, 0.6) is 0 Å². The summed E-state index contributed by atoms with van der Waals surface area (Å²) < 4.78 is 0. The molecule has 142 valence electrons. The molecular weight excluding hydrogens is 326 g/mol. The van der Waals surface area contributed by atoms with Gasteiger partial charge in [0.15, 0.2) is 0 Å². The molecule has 0 amide bonds. The Morgan fingerprint density at radius 2 is 1.52 bits per heavy atom. The summed E-state index contributed by atoms with van der Waals surface area (Å²) in [6.45, 7) is 14.8. The van der Waals surface area contributed by atoms with Crippen LogP contribution < -0.4 is 0 Å². The minimum absolute atomic E-state index is 0.0457. The zero-order chi connectivity index (χ0) is 20.0. The van der Waals surface area contributed by atoms with Crippen LogP contribution in [-0.4, -0.2) is 57.8 Å². The van der Waals surface area contributed by atoms with Crippen molar-refractivity contribution in [2.24, 2.45) is 5.92 Å². The fraction of sp³-hybridized carbons (Fsp3) is 0.500. The molecule has 0 aromatic rings. The lowest BCUT2D eigenvalue weighted by Crippen LogP contribution is -2.26. The fourth-order valence-electron chi connectivity index (χ4n) is 1.96. The Bertz CT molecular complexity index is 506. The molecule has 0 radical (unpaired) electrons. The molecule has 0 aliphatic heterocycles. The Morgan fingerprint density at radius 1 is 1.04 bits per heavy atom. The van der Waals surface area contributed by atoms with Crippen molar-refractivity contribution < 1.29 is 29.7 Å². The van der Waals surface area contributed by atoms with E-state index in [9.17, 15) is 14.4 Å². The highest BCUT2D eigenvalue weighted by Gasteiger charge is 2.19. The minimum Gasteiger partial charge on any atom is -0.478 e. The number of carbonyl (C=O) groups is 3. The first-order valence-electron chi connectivity index (χ1n) is 8.08. The van der Waals surface area contributed by atoms with E-state index >= 15 is 0 Å². The van der Waals surface area contributed by atoms with Gasteiger partial charge in [0.1, 0.15) is 0 Å². The van der Waals surface area contributed by atoms with Gasteiger partial charge in [0.2, 0.25) is 0 Å². The molecule has 0 saturated carbocycles. The molecule has 7 nitrogen and oxygen atoms in total. The normalized spacial score (nSPS) is 11.9. The summed E-state index contributed by atoms with van der Waals surface area (Å²) in [5.41, 5.74) is 0.279. The van der Waals surface area contributed by atoms with Crippen LogP contribution in [0, 0.1) is 5.92 Å². The highest BCUT2D eigenvalue weighted by atomic mass is 16.4. The van der Waals surface area contributed by atoms with Crippen molar-refractivity contribution in [2.45, 2.75) is 33.6 Å². The maximum atomic E-state index is 11.1. The Kier molecular flexibility index (Phi) is 13.9. The van der Waals surface area contributed by atoms with Gasteiger partial charge >= 0.3 is 17.9 Å². The quantitative estimate of drug-likeness (QED) is 0.488. The Labute approximate surface area is 149 Å². The molecule has 0 spiro atoms. The van der Waals surface area contributed by atoms with Crippen molar-refractivity contribution >= 4 is 17.9 Å². The monoisotopic (exact) mass is 355 g/mol. The Hall–Kier alpha value is -2.41. The standard InChI is InChI=1S/C15H25NO4.C3H4O2/c1-5-12(15(19)20)10-13(11(4)14(17)18)8-9-16(6-2)7-3;1-2-3(4)5/h10,13H,4-9H2,1-3H3,(H,17,18)(H,19,20);2H,1H2,(H,4,5). The molecule has 3 N–H and O–H groups in total. The van der Waals surface area contributed by atoms with Gasteiger partial charge in [0.05, 0.1) is 0 Å². The second-order valence-electron chi connectivity index (χ2n) is 5.15. The van der Waals surface area contributed by atoms with Crippen LogP contribution >= 0.6 is 0 Å². The van der Waals surface area contributed by atoms with Gasteiger partial charge in [0.25, 0.3) is 0 Å². The third-order valence-corrected chi connectivity index (χ3v) is 3.61. The first kappa shape index (κ1) is 24.8. The number of carboxylic acids is 3. The van der Waals surface area contributed by atoms with Gasteiger partial charge in [-0.3, -0.25) is 0 Å². The van der Waals surface area contributed by atoms with Gasteiger partial charge in [-0.25, -0.2) is 14.4 Å². The SMILES string of the molecule is C=C(C(=O)O)C(C=C(CC)C(=O)O)CCN(CC)CC.C=CC(=O)O. The molecule has 1 unspecified atom stereocenters. The summed E-state index contributed by atoms with van der Waals surface area (Å²) in [5, 5.41) is 25.7. The van der Waals surface area contributed by atoms with Gasteiger partial charge in [0, 0.05) is 23.1 Å². The Morgan fingerprint density at radius 3 is 1.80 bits per heavy atom. The number of nitrogens with zero attached hydrogens (tertiary/aromatic N) is 1. The summed E-state index contributed by atoms with van der Waals surface area (Å²) in [6.07, 6.45) is 3.29. The molecule has 0 saturated heterocycles. The number of aliphatic carboxylic acids is 3. The van der Waals surface area contributed by atoms with E-state index in [1.807, 2.05) is 13.8 Å². The Balaban J connectivity index is 0. The van der Waals surface area contributed by atoms with Crippen LogP contribution in [0.2, 0.25) is 0 Å². The summed E-state index contributed by atoms with van der Waals surface area (Å²) >= 11 is 0. The average molecular weight is 355 g/mol. The molecular formula is C18H29NO6. The highest BCUT2D eigenvalue weighted by molar-refractivity contribution is 5.89. The van der Waals surface area contributed by atoms with E-state index in [0.29, 0.717) is 12.8 Å². The highest BCUT2D eigenvalue weighted by Crippen LogP contribution is 2.20. The van der Waals surface area contributed by atoms with Crippen molar-refractivity contribution in [3.8, 4) is 0 Å². The van der Waals surface area contributed by atoms with E-state index in [1.165, 1.54) is 6.08 Å². The first-order chi connectivity index (χ1) is 11.6. The van der Waals surface area contributed by atoms with Gasteiger partial charge < -0.3 is 20.2 Å². The number of carboxylic acid groups (broad SMARTS) is 3. The maximum absolute atomic E-state index is 11.1.